The van der Waals surface area contributed by atoms with E-state index in [0.29, 0.717) is 11.1 Å². The van der Waals surface area contributed by atoms with Gasteiger partial charge in [0.2, 0.25) is 0 Å². The maximum atomic E-state index is 12.9. The predicted octanol–water partition coefficient (Wildman–Crippen LogP) is 4.20. The van der Waals surface area contributed by atoms with Crippen LogP contribution in [0, 0.1) is 13.8 Å². The summed E-state index contributed by atoms with van der Waals surface area (Å²) in [6.07, 6.45) is 1.68. The van der Waals surface area contributed by atoms with Gasteiger partial charge in [0.1, 0.15) is 10.9 Å². The number of ketones is 1. The molecule has 0 aliphatic rings. The first-order valence-corrected chi connectivity index (χ1v) is 8.21. The van der Waals surface area contributed by atoms with Gasteiger partial charge < -0.3 is 9.67 Å². The number of benzene rings is 1. The number of rotatable bonds is 4. The lowest BCUT2D eigenvalue weighted by Gasteiger charge is -2.08. The minimum absolute atomic E-state index is 0.0726. The van der Waals surface area contributed by atoms with E-state index in [4.69, 9.17) is 0 Å². The third-order valence-electron chi connectivity index (χ3n) is 4.03. The molecule has 3 rings (SSSR count). The normalized spacial score (nSPS) is 12.5. The Kier molecular flexibility index (Phi) is 3.82. The molecule has 0 radical (unpaired) electrons. The lowest BCUT2D eigenvalue weighted by atomic mass is 10.0. The maximum absolute atomic E-state index is 12.9. The lowest BCUT2D eigenvalue weighted by molar-refractivity contribution is -0.140. The predicted molar refractivity (Wildman–Crippen MR) is 91.5 cm³/mol. The smallest absolute Gasteiger partial charge is 0.326 e. The molecule has 1 atom stereocenters. The number of carbonyl (C=O) groups excluding carboxylic acids is 1. The zero-order valence-corrected chi connectivity index (χ0v) is 14.0. The first-order valence-electron chi connectivity index (χ1n) is 7.33. The molecule has 0 aliphatic heterocycles. The molecule has 3 aromatic rings. The fourth-order valence-electron chi connectivity index (χ4n) is 2.73. The number of aliphatic carboxylic acids is 1. The van der Waals surface area contributed by atoms with Crippen molar-refractivity contribution in [1.29, 1.82) is 0 Å². The number of thiophene rings is 1. The number of carbonyl (C=O) groups is 2. The first-order chi connectivity index (χ1) is 10.9. The zero-order chi connectivity index (χ0) is 16.7. The van der Waals surface area contributed by atoms with Gasteiger partial charge in [-0.1, -0.05) is 23.8 Å². The molecule has 2 aromatic heterocycles. The van der Waals surface area contributed by atoms with Crippen LogP contribution >= 0.6 is 11.3 Å². The molecule has 4 nitrogen and oxygen atoms in total. The highest BCUT2D eigenvalue weighted by atomic mass is 32.1. The average molecular weight is 327 g/mol. The van der Waals surface area contributed by atoms with Crippen molar-refractivity contribution in [3.8, 4) is 0 Å². The maximum Gasteiger partial charge on any atom is 0.326 e. The van der Waals surface area contributed by atoms with Gasteiger partial charge >= 0.3 is 5.97 Å². The Bertz CT molecular complexity index is 920. The van der Waals surface area contributed by atoms with Crippen LogP contribution in [0.3, 0.4) is 0 Å². The molecule has 23 heavy (non-hydrogen) atoms. The monoisotopic (exact) mass is 327 g/mol. The van der Waals surface area contributed by atoms with Crippen molar-refractivity contribution in [2.45, 2.75) is 26.8 Å². The quantitative estimate of drug-likeness (QED) is 0.731. The summed E-state index contributed by atoms with van der Waals surface area (Å²) in [6, 6.07) is 6.74. The summed E-state index contributed by atoms with van der Waals surface area (Å²) in [5, 5.41) is 12.1. The lowest BCUT2D eigenvalue weighted by Crippen LogP contribution is -2.14. The van der Waals surface area contributed by atoms with Gasteiger partial charge in [-0.25, -0.2) is 4.79 Å². The van der Waals surface area contributed by atoms with Crippen LogP contribution in [0.2, 0.25) is 0 Å². The molecule has 0 saturated carbocycles. The van der Waals surface area contributed by atoms with Gasteiger partial charge in [0.15, 0.2) is 5.78 Å². The van der Waals surface area contributed by atoms with Crippen molar-refractivity contribution in [2.75, 3.05) is 0 Å². The van der Waals surface area contributed by atoms with Gasteiger partial charge in [-0.05, 0) is 37.8 Å². The van der Waals surface area contributed by atoms with Crippen LogP contribution in [0.5, 0.6) is 0 Å². The highest BCUT2D eigenvalue weighted by Crippen LogP contribution is 2.34. The second kappa shape index (κ2) is 5.66. The van der Waals surface area contributed by atoms with Crippen LogP contribution in [0.15, 0.2) is 35.8 Å². The van der Waals surface area contributed by atoms with E-state index >= 15 is 0 Å². The van der Waals surface area contributed by atoms with Crippen LogP contribution in [0.25, 0.3) is 10.2 Å². The molecule has 0 amide bonds. The van der Waals surface area contributed by atoms with Gasteiger partial charge in [-0.2, -0.15) is 0 Å². The minimum Gasteiger partial charge on any atom is -0.480 e. The second-order valence-corrected chi connectivity index (χ2v) is 6.62. The molecule has 2 heterocycles. The summed E-state index contributed by atoms with van der Waals surface area (Å²) >= 11 is 1.47. The Morgan fingerprint density at radius 2 is 2.00 bits per heavy atom. The van der Waals surface area contributed by atoms with Crippen LogP contribution in [0.1, 0.15) is 40.0 Å². The van der Waals surface area contributed by atoms with Crippen LogP contribution in [-0.4, -0.2) is 21.4 Å². The molecule has 0 bridgehead atoms. The summed E-state index contributed by atoms with van der Waals surface area (Å²) in [4.78, 5) is 25.1. The molecular weight excluding hydrogens is 310 g/mol. The molecule has 118 valence electrons. The number of hydrogen-bond acceptors (Lipinski definition) is 3. The summed E-state index contributed by atoms with van der Waals surface area (Å²) in [7, 11) is 0. The molecule has 1 aromatic carbocycles. The van der Waals surface area contributed by atoms with Gasteiger partial charge in [0, 0.05) is 22.7 Å². The van der Waals surface area contributed by atoms with Gasteiger partial charge in [-0.3, -0.25) is 4.79 Å². The van der Waals surface area contributed by atoms with Gasteiger partial charge in [-0.15, -0.1) is 11.3 Å². The number of nitrogens with zero attached hydrogens (tertiary/aromatic N) is 1. The zero-order valence-electron chi connectivity index (χ0n) is 13.2. The summed E-state index contributed by atoms with van der Waals surface area (Å²) in [6.45, 7) is 5.51. The third kappa shape index (κ3) is 2.57. The van der Waals surface area contributed by atoms with E-state index in [2.05, 4.69) is 0 Å². The molecule has 0 fully saturated rings. The number of carboxylic acids is 1. The van der Waals surface area contributed by atoms with Crippen molar-refractivity contribution in [2.24, 2.45) is 0 Å². The van der Waals surface area contributed by atoms with E-state index in [0.717, 1.165) is 21.3 Å². The fraction of sp³-hybridized carbons (Fsp3) is 0.222. The number of carboxylic acid groups (broad SMARTS) is 1. The van der Waals surface area contributed by atoms with E-state index in [1.165, 1.54) is 11.3 Å². The largest absolute Gasteiger partial charge is 0.480 e. The van der Waals surface area contributed by atoms with E-state index in [1.54, 1.807) is 23.8 Å². The molecule has 1 N–H and O–H groups in total. The van der Waals surface area contributed by atoms with Gasteiger partial charge in [0.25, 0.3) is 0 Å². The van der Waals surface area contributed by atoms with Gasteiger partial charge in [0.05, 0.1) is 0 Å². The number of aryl methyl sites for hydroxylation is 2. The molecule has 0 aliphatic carbocycles. The van der Waals surface area contributed by atoms with E-state index in [1.807, 2.05) is 37.4 Å². The number of fused-ring (bicyclic) bond motifs is 1. The molecule has 0 spiro atoms. The van der Waals surface area contributed by atoms with Crippen molar-refractivity contribution in [1.82, 2.24) is 4.57 Å². The fourth-order valence-corrected chi connectivity index (χ4v) is 3.86. The van der Waals surface area contributed by atoms with E-state index in [-0.39, 0.29) is 5.78 Å². The van der Waals surface area contributed by atoms with Crippen molar-refractivity contribution < 1.29 is 14.7 Å². The second-order valence-electron chi connectivity index (χ2n) is 5.76. The third-order valence-corrected chi connectivity index (χ3v) is 5.14. The Balaban J connectivity index is 2.20. The van der Waals surface area contributed by atoms with Crippen molar-refractivity contribution >= 4 is 33.3 Å². The Labute approximate surface area is 138 Å². The first kappa shape index (κ1) is 15.5. The summed E-state index contributed by atoms with van der Waals surface area (Å²) in [5.74, 6) is -0.987. The highest BCUT2D eigenvalue weighted by Gasteiger charge is 2.24. The van der Waals surface area contributed by atoms with Crippen molar-refractivity contribution in [3.63, 3.8) is 0 Å². The summed E-state index contributed by atoms with van der Waals surface area (Å²) < 4.78 is 1.68. The molecule has 0 saturated heterocycles. The molecule has 1 unspecified atom stereocenters. The van der Waals surface area contributed by atoms with E-state index < -0.39 is 12.0 Å². The Hall–Kier alpha value is -2.40. The standard InChI is InChI=1S/C18H17NO3S/c1-10-5-4-6-13(7-10)16(20)14-8-19(12(3)18(21)22)17-15(14)11(2)9-23-17/h4-9,12H,1-3H3,(H,21,22). The Morgan fingerprint density at radius 3 is 2.65 bits per heavy atom. The molecule has 5 heteroatoms. The summed E-state index contributed by atoms with van der Waals surface area (Å²) in [5.41, 5.74) is 3.21. The number of hydrogen-bond donors (Lipinski definition) is 1. The van der Waals surface area contributed by atoms with Crippen LogP contribution in [0.4, 0.5) is 0 Å². The van der Waals surface area contributed by atoms with Crippen molar-refractivity contribution in [3.05, 3.63) is 58.1 Å². The highest BCUT2D eigenvalue weighted by molar-refractivity contribution is 7.17. The SMILES string of the molecule is Cc1cccc(C(=O)c2cn(C(C)C(=O)O)c3scc(C)c23)c1. The molecular formula is C18H17NO3S. The number of aromatic nitrogens is 1. The minimum atomic E-state index is -0.914. The topological polar surface area (TPSA) is 59.3 Å². The van der Waals surface area contributed by atoms with E-state index in [9.17, 15) is 14.7 Å². The van der Waals surface area contributed by atoms with Crippen LogP contribution in [-0.2, 0) is 4.79 Å². The average Bonchev–Trinajstić information content (AvgIpc) is 3.07. The Morgan fingerprint density at radius 1 is 1.26 bits per heavy atom. The van der Waals surface area contributed by atoms with Crippen LogP contribution < -0.4 is 0 Å².